The summed E-state index contributed by atoms with van der Waals surface area (Å²) in [5.74, 6) is 0.957. The van der Waals surface area contributed by atoms with Gasteiger partial charge in [-0.05, 0) is 47.5 Å². The zero-order valence-electron chi connectivity index (χ0n) is 11.3. The molecule has 0 N–H and O–H groups in total. The van der Waals surface area contributed by atoms with E-state index in [-0.39, 0.29) is 0 Å². The van der Waals surface area contributed by atoms with Crippen molar-refractivity contribution in [1.82, 2.24) is 0 Å². The zero-order valence-corrected chi connectivity index (χ0v) is 12.1. The molecule has 0 aromatic heterocycles. The fourth-order valence-electron chi connectivity index (χ4n) is 1.75. The molecule has 2 aromatic carbocycles. The minimum atomic E-state index is -0.549. The van der Waals surface area contributed by atoms with Crippen molar-refractivity contribution in [1.29, 1.82) is 5.26 Å². The normalized spacial score (nSPS) is 9.76. The smallest absolute Gasteiger partial charge is 0.252 e. The van der Waals surface area contributed by atoms with Gasteiger partial charge in [-0.3, -0.25) is 4.79 Å². The monoisotopic (exact) mass is 301 g/mol. The van der Waals surface area contributed by atoms with Crippen LogP contribution in [0.15, 0.2) is 42.5 Å². The number of hydrogen-bond donors (Lipinski definition) is 0. The first kappa shape index (κ1) is 14.9. The molecule has 0 aliphatic heterocycles. The standard InChI is InChI=1S/C16H12ClNO3/c1-20-15-8-13(16(17)19)6-7-14(15)21-10-12-4-2-11(9-18)3-5-12/h2-8H,10H2,1H3. The first-order valence-corrected chi connectivity index (χ1v) is 6.51. The third-order valence-corrected chi connectivity index (χ3v) is 3.09. The average molecular weight is 302 g/mol. The first-order valence-electron chi connectivity index (χ1n) is 6.13. The van der Waals surface area contributed by atoms with Crippen LogP contribution in [0, 0.1) is 11.3 Å². The van der Waals surface area contributed by atoms with Crippen LogP contribution in [0.5, 0.6) is 11.5 Å². The summed E-state index contributed by atoms with van der Waals surface area (Å²) in [6.45, 7) is 0.330. The molecule has 0 saturated carbocycles. The molecule has 0 aliphatic rings. The van der Waals surface area contributed by atoms with Crippen molar-refractivity contribution in [3.8, 4) is 17.6 Å². The van der Waals surface area contributed by atoms with Crippen LogP contribution in [0.3, 0.4) is 0 Å². The molecule has 0 spiro atoms. The fraction of sp³-hybridized carbons (Fsp3) is 0.125. The molecule has 21 heavy (non-hydrogen) atoms. The van der Waals surface area contributed by atoms with Crippen molar-refractivity contribution in [3.05, 3.63) is 59.2 Å². The number of hydrogen-bond acceptors (Lipinski definition) is 4. The van der Waals surface area contributed by atoms with E-state index in [1.807, 2.05) is 12.1 Å². The van der Waals surface area contributed by atoms with E-state index in [1.54, 1.807) is 24.3 Å². The highest BCUT2D eigenvalue weighted by atomic mass is 35.5. The van der Waals surface area contributed by atoms with Crippen LogP contribution in [-0.4, -0.2) is 12.4 Å². The van der Waals surface area contributed by atoms with Crippen LogP contribution in [0.2, 0.25) is 0 Å². The number of carbonyl (C=O) groups is 1. The van der Waals surface area contributed by atoms with Crippen molar-refractivity contribution < 1.29 is 14.3 Å². The number of rotatable bonds is 5. The Morgan fingerprint density at radius 2 is 1.90 bits per heavy atom. The van der Waals surface area contributed by atoms with Crippen LogP contribution < -0.4 is 9.47 Å². The predicted molar refractivity (Wildman–Crippen MR) is 78.7 cm³/mol. The van der Waals surface area contributed by atoms with Crippen LogP contribution in [0.25, 0.3) is 0 Å². The second-order valence-corrected chi connectivity index (χ2v) is 4.58. The first-order chi connectivity index (χ1) is 10.1. The van der Waals surface area contributed by atoms with E-state index >= 15 is 0 Å². The van der Waals surface area contributed by atoms with Gasteiger partial charge in [-0.25, -0.2) is 0 Å². The Morgan fingerprint density at radius 1 is 1.19 bits per heavy atom. The van der Waals surface area contributed by atoms with Crippen LogP contribution in [-0.2, 0) is 6.61 Å². The number of halogens is 1. The molecule has 5 heteroatoms. The maximum Gasteiger partial charge on any atom is 0.252 e. The predicted octanol–water partition coefficient (Wildman–Crippen LogP) is 3.52. The Labute approximate surface area is 127 Å². The minimum absolute atomic E-state index is 0.330. The van der Waals surface area contributed by atoms with Crippen molar-refractivity contribution >= 4 is 16.8 Å². The summed E-state index contributed by atoms with van der Waals surface area (Å²) >= 11 is 5.42. The summed E-state index contributed by atoms with van der Waals surface area (Å²) in [4.78, 5) is 11.1. The highest BCUT2D eigenvalue weighted by molar-refractivity contribution is 6.67. The van der Waals surface area contributed by atoms with Gasteiger partial charge in [0.1, 0.15) is 6.61 Å². The lowest BCUT2D eigenvalue weighted by Crippen LogP contribution is -1.99. The molecule has 0 bridgehead atoms. The Morgan fingerprint density at radius 3 is 2.48 bits per heavy atom. The van der Waals surface area contributed by atoms with Gasteiger partial charge in [0.15, 0.2) is 11.5 Å². The van der Waals surface area contributed by atoms with E-state index < -0.39 is 5.24 Å². The van der Waals surface area contributed by atoms with E-state index in [1.165, 1.54) is 13.2 Å². The van der Waals surface area contributed by atoms with Crippen molar-refractivity contribution in [2.45, 2.75) is 6.61 Å². The van der Waals surface area contributed by atoms with Crippen molar-refractivity contribution in [2.24, 2.45) is 0 Å². The summed E-state index contributed by atoms with van der Waals surface area (Å²) in [5, 5.41) is 8.19. The molecule has 0 heterocycles. The summed E-state index contributed by atoms with van der Waals surface area (Å²) in [5.41, 5.74) is 1.87. The molecule has 0 amide bonds. The quantitative estimate of drug-likeness (QED) is 0.793. The van der Waals surface area contributed by atoms with Crippen LogP contribution in [0.1, 0.15) is 21.5 Å². The van der Waals surface area contributed by atoms with Crippen molar-refractivity contribution in [2.75, 3.05) is 7.11 Å². The summed E-state index contributed by atoms with van der Waals surface area (Å²) in [7, 11) is 1.49. The maximum atomic E-state index is 11.1. The van der Waals surface area contributed by atoms with E-state index in [2.05, 4.69) is 6.07 Å². The summed E-state index contributed by atoms with van der Waals surface area (Å²) in [6.07, 6.45) is 0. The van der Waals surface area contributed by atoms with Gasteiger partial charge in [-0.1, -0.05) is 12.1 Å². The molecule has 2 rings (SSSR count). The lowest BCUT2D eigenvalue weighted by atomic mass is 10.1. The molecule has 106 valence electrons. The second kappa shape index (κ2) is 6.78. The van der Waals surface area contributed by atoms with Gasteiger partial charge < -0.3 is 9.47 Å². The lowest BCUT2D eigenvalue weighted by molar-refractivity contribution is 0.108. The molecule has 2 aromatic rings. The van der Waals surface area contributed by atoms with E-state index in [9.17, 15) is 4.79 Å². The third kappa shape index (κ3) is 3.74. The molecule has 0 fully saturated rings. The molecular weight excluding hydrogens is 290 g/mol. The number of ether oxygens (including phenoxy) is 2. The molecule has 4 nitrogen and oxygen atoms in total. The van der Waals surface area contributed by atoms with Gasteiger partial charge in [0.05, 0.1) is 18.7 Å². The number of nitrogens with zero attached hydrogens (tertiary/aromatic N) is 1. The molecule has 0 saturated heterocycles. The van der Waals surface area contributed by atoms with Gasteiger partial charge in [-0.15, -0.1) is 0 Å². The van der Waals surface area contributed by atoms with Gasteiger partial charge in [0.25, 0.3) is 5.24 Å². The fourth-order valence-corrected chi connectivity index (χ4v) is 1.86. The number of nitriles is 1. The zero-order chi connectivity index (χ0) is 15.2. The van der Waals surface area contributed by atoms with Crippen molar-refractivity contribution in [3.63, 3.8) is 0 Å². The van der Waals surface area contributed by atoms with E-state index in [0.29, 0.717) is 29.2 Å². The molecule has 0 aliphatic carbocycles. The number of carbonyl (C=O) groups excluding carboxylic acids is 1. The Kier molecular flexibility index (Phi) is 4.81. The van der Waals surface area contributed by atoms with E-state index in [0.717, 1.165) is 5.56 Å². The molecule has 0 radical (unpaired) electrons. The Bertz CT molecular complexity index is 690. The largest absolute Gasteiger partial charge is 0.493 e. The Hall–Kier alpha value is -2.51. The minimum Gasteiger partial charge on any atom is -0.493 e. The van der Waals surface area contributed by atoms with E-state index in [4.69, 9.17) is 26.3 Å². The topological polar surface area (TPSA) is 59.3 Å². The Balaban J connectivity index is 2.12. The van der Waals surface area contributed by atoms with Crippen LogP contribution >= 0.6 is 11.6 Å². The number of benzene rings is 2. The van der Waals surface area contributed by atoms with Gasteiger partial charge >= 0.3 is 0 Å². The van der Waals surface area contributed by atoms with Crippen LogP contribution in [0.4, 0.5) is 0 Å². The van der Waals surface area contributed by atoms with Gasteiger partial charge in [-0.2, -0.15) is 5.26 Å². The average Bonchev–Trinajstić information content (AvgIpc) is 2.53. The number of methoxy groups -OCH3 is 1. The highest BCUT2D eigenvalue weighted by Crippen LogP contribution is 2.29. The highest BCUT2D eigenvalue weighted by Gasteiger charge is 2.09. The molecular formula is C16H12ClNO3. The molecule has 0 atom stereocenters. The van der Waals surface area contributed by atoms with Gasteiger partial charge in [0.2, 0.25) is 0 Å². The molecule has 0 unspecified atom stereocenters. The third-order valence-electron chi connectivity index (χ3n) is 2.87. The van der Waals surface area contributed by atoms with Gasteiger partial charge in [0, 0.05) is 5.56 Å². The summed E-state index contributed by atoms with van der Waals surface area (Å²) in [6, 6.07) is 13.9. The maximum absolute atomic E-state index is 11.1. The second-order valence-electron chi connectivity index (χ2n) is 4.24. The lowest BCUT2D eigenvalue weighted by Gasteiger charge is -2.11. The SMILES string of the molecule is COc1cc(C(=O)Cl)ccc1OCc1ccc(C#N)cc1. The summed E-state index contributed by atoms with van der Waals surface area (Å²) < 4.78 is 10.8.